The molecule has 0 fully saturated rings. The van der Waals surface area contributed by atoms with Crippen molar-refractivity contribution in [1.82, 2.24) is 0 Å². The number of rotatable bonds is 11. The van der Waals surface area contributed by atoms with Gasteiger partial charge in [0.05, 0.1) is 13.2 Å². The van der Waals surface area contributed by atoms with Crippen molar-refractivity contribution in [2.75, 3.05) is 19.8 Å². The molecule has 0 radical (unpaired) electrons. The van der Waals surface area contributed by atoms with E-state index >= 15 is 0 Å². The summed E-state index contributed by atoms with van der Waals surface area (Å²) in [6, 6.07) is 9.49. The van der Waals surface area contributed by atoms with E-state index in [9.17, 15) is 4.57 Å². The topological polar surface area (TPSA) is 54.0 Å². The van der Waals surface area contributed by atoms with Gasteiger partial charge in [0.25, 0.3) is 0 Å². The van der Waals surface area contributed by atoms with Crippen LogP contribution in [0.1, 0.15) is 59.1 Å². The van der Waals surface area contributed by atoms with Crippen LogP contribution in [0.2, 0.25) is 18.1 Å². The van der Waals surface area contributed by atoms with Crippen molar-refractivity contribution < 1.29 is 22.6 Å². The minimum Gasteiger partial charge on any atom is -0.417 e. The van der Waals surface area contributed by atoms with E-state index in [0.717, 1.165) is 12.0 Å². The summed E-state index contributed by atoms with van der Waals surface area (Å²) in [5.74, 6) is 6.23. The molecule has 0 aromatic heterocycles. The Labute approximate surface area is 178 Å². The highest BCUT2D eigenvalue weighted by molar-refractivity contribution is 7.48. The smallest absolute Gasteiger partial charge is 0.417 e. The summed E-state index contributed by atoms with van der Waals surface area (Å²) in [6.45, 7) is 15.9. The summed E-state index contributed by atoms with van der Waals surface area (Å²) in [5.41, 5.74) is 0.817. The van der Waals surface area contributed by atoms with Crippen LogP contribution >= 0.6 is 7.82 Å². The Bertz CT molecular complexity index is 693. The number of hydrogen-bond donors (Lipinski definition) is 0. The van der Waals surface area contributed by atoms with E-state index in [2.05, 4.69) is 45.7 Å². The Morgan fingerprint density at radius 3 is 2.17 bits per heavy atom. The van der Waals surface area contributed by atoms with E-state index < -0.39 is 22.2 Å². The molecule has 5 nitrogen and oxygen atoms in total. The lowest BCUT2D eigenvalue weighted by Gasteiger charge is -2.36. The van der Waals surface area contributed by atoms with Gasteiger partial charge in [-0.15, -0.1) is 5.92 Å². The van der Waals surface area contributed by atoms with Crippen molar-refractivity contribution in [2.24, 2.45) is 0 Å². The van der Waals surface area contributed by atoms with Crippen LogP contribution in [-0.4, -0.2) is 28.1 Å². The van der Waals surface area contributed by atoms with Crippen LogP contribution in [0.3, 0.4) is 0 Å². The van der Waals surface area contributed by atoms with Crippen LogP contribution in [0.4, 0.5) is 0 Å². The summed E-state index contributed by atoms with van der Waals surface area (Å²) in [7, 11) is -5.40. The third-order valence-electron chi connectivity index (χ3n) is 4.86. The lowest BCUT2D eigenvalue weighted by atomic mass is 10.1. The molecule has 0 unspecified atom stereocenters. The molecule has 164 valence electrons. The molecule has 0 aliphatic rings. The fraction of sp³-hybridized carbons (Fsp3) is 0.636. The SMILES string of the molecule is CCOP(=O)(OCC)O[C@@H](C#CCCCO[Si](C)(C)C(C)(C)C)c1ccccc1. The fourth-order valence-corrected chi connectivity index (χ4v) is 4.56. The molecular weight excluding hydrogens is 403 g/mol. The first kappa shape index (κ1) is 26.1. The molecule has 0 heterocycles. The first-order valence-corrected chi connectivity index (χ1v) is 14.7. The van der Waals surface area contributed by atoms with Gasteiger partial charge in [0.15, 0.2) is 14.4 Å². The van der Waals surface area contributed by atoms with E-state index in [1.165, 1.54) is 0 Å². The molecule has 0 saturated heterocycles. The van der Waals surface area contributed by atoms with E-state index in [1.54, 1.807) is 13.8 Å². The average molecular weight is 441 g/mol. The molecule has 1 aromatic rings. The van der Waals surface area contributed by atoms with Crippen LogP contribution in [0.25, 0.3) is 0 Å². The second-order valence-corrected chi connectivity index (χ2v) is 14.6. The maximum atomic E-state index is 12.8. The van der Waals surface area contributed by atoms with Crippen molar-refractivity contribution in [3.63, 3.8) is 0 Å². The van der Waals surface area contributed by atoms with Gasteiger partial charge in [0.2, 0.25) is 0 Å². The zero-order valence-corrected chi connectivity index (χ0v) is 20.9. The predicted molar refractivity (Wildman–Crippen MR) is 121 cm³/mol. The van der Waals surface area contributed by atoms with E-state index in [1.807, 2.05) is 30.3 Å². The average Bonchev–Trinajstić information content (AvgIpc) is 2.63. The van der Waals surface area contributed by atoms with Crippen molar-refractivity contribution in [2.45, 2.75) is 71.7 Å². The Kier molecular flexibility index (Phi) is 10.8. The lowest BCUT2D eigenvalue weighted by Crippen LogP contribution is -2.40. The largest absolute Gasteiger partial charge is 0.476 e. The van der Waals surface area contributed by atoms with E-state index in [0.29, 0.717) is 13.0 Å². The molecule has 1 atom stereocenters. The minimum absolute atomic E-state index is 0.199. The maximum Gasteiger partial charge on any atom is 0.476 e. The van der Waals surface area contributed by atoms with Crippen LogP contribution < -0.4 is 0 Å². The number of phosphoric acid groups is 1. The fourth-order valence-electron chi connectivity index (χ4n) is 2.21. The third kappa shape index (κ3) is 9.17. The van der Waals surface area contributed by atoms with Gasteiger partial charge in [-0.2, -0.15) is 0 Å². The first-order valence-electron chi connectivity index (χ1n) is 10.3. The number of unbranched alkanes of at least 4 members (excludes halogenated alkanes) is 1. The number of hydrogen-bond acceptors (Lipinski definition) is 5. The zero-order valence-electron chi connectivity index (χ0n) is 19.0. The highest BCUT2D eigenvalue weighted by Gasteiger charge is 2.36. The Balaban J connectivity index is 2.76. The monoisotopic (exact) mass is 440 g/mol. The molecule has 0 saturated carbocycles. The molecule has 1 aromatic carbocycles. The van der Waals surface area contributed by atoms with Crippen molar-refractivity contribution in [3.8, 4) is 11.8 Å². The number of phosphoric ester groups is 1. The molecule has 0 spiro atoms. The van der Waals surface area contributed by atoms with Gasteiger partial charge in [0.1, 0.15) is 0 Å². The minimum atomic E-state index is -3.66. The van der Waals surface area contributed by atoms with Crippen molar-refractivity contribution >= 4 is 16.1 Å². The van der Waals surface area contributed by atoms with Gasteiger partial charge in [0, 0.05) is 13.0 Å². The van der Waals surface area contributed by atoms with Gasteiger partial charge in [-0.1, -0.05) is 57.0 Å². The molecule has 29 heavy (non-hydrogen) atoms. The van der Waals surface area contributed by atoms with Gasteiger partial charge < -0.3 is 4.43 Å². The van der Waals surface area contributed by atoms with Crippen LogP contribution in [-0.2, 0) is 22.6 Å². The molecule has 0 amide bonds. The summed E-state index contributed by atoms with van der Waals surface area (Å²) < 4.78 is 35.2. The predicted octanol–water partition coefficient (Wildman–Crippen LogP) is 6.73. The summed E-state index contributed by atoms with van der Waals surface area (Å²) in [5, 5.41) is 0.199. The molecule has 0 aliphatic heterocycles. The Morgan fingerprint density at radius 1 is 1.07 bits per heavy atom. The third-order valence-corrected chi connectivity index (χ3v) is 11.0. The lowest BCUT2D eigenvalue weighted by molar-refractivity contribution is 0.104. The van der Waals surface area contributed by atoms with Gasteiger partial charge in [-0.3, -0.25) is 13.6 Å². The molecular formula is C22H37O5PSi. The van der Waals surface area contributed by atoms with E-state index in [-0.39, 0.29) is 18.3 Å². The van der Waals surface area contributed by atoms with Gasteiger partial charge >= 0.3 is 7.82 Å². The molecule has 0 bridgehead atoms. The van der Waals surface area contributed by atoms with Gasteiger partial charge in [-0.05, 0) is 44.0 Å². The zero-order chi connectivity index (χ0) is 22.0. The van der Waals surface area contributed by atoms with Crippen LogP contribution in [0, 0.1) is 11.8 Å². The number of benzene rings is 1. The summed E-state index contributed by atoms with van der Waals surface area (Å²) in [4.78, 5) is 0. The highest BCUT2D eigenvalue weighted by Crippen LogP contribution is 2.52. The second kappa shape index (κ2) is 12.1. The maximum absolute atomic E-state index is 12.8. The quantitative estimate of drug-likeness (QED) is 0.165. The Hall–Kier alpha value is -0.933. The van der Waals surface area contributed by atoms with Crippen molar-refractivity contribution in [3.05, 3.63) is 35.9 Å². The molecule has 0 aliphatic carbocycles. The van der Waals surface area contributed by atoms with Crippen LogP contribution in [0.15, 0.2) is 30.3 Å². The van der Waals surface area contributed by atoms with Gasteiger partial charge in [-0.25, -0.2) is 4.57 Å². The second-order valence-electron chi connectivity index (χ2n) is 8.21. The van der Waals surface area contributed by atoms with Crippen LogP contribution in [0.5, 0.6) is 0 Å². The highest BCUT2D eigenvalue weighted by atomic mass is 31.2. The molecule has 7 heteroatoms. The molecule has 1 rings (SSSR count). The standard InChI is InChI=1S/C22H37O5PSi/c1-8-24-28(23,25-9-2)27-21(20-16-12-10-13-17-20)18-14-11-15-19-26-29(6,7)22(3,4)5/h10,12-13,16-17,21H,8-9,11,15,19H2,1-7H3/t21-/m0/s1. The first-order chi connectivity index (χ1) is 13.5. The summed E-state index contributed by atoms with van der Waals surface area (Å²) >= 11 is 0. The normalized spacial score (nSPS) is 13.6. The van der Waals surface area contributed by atoms with Crippen molar-refractivity contribution in [1.29, 1.82) is 0 Å². The molecule has 0 N–H and O–H groups in total. The summed E-state index contributed by atoms with van der Waals surface area (Å²) in [6.07, 6.45) is 0.839. The van der Waals surface area contributed by atoms with E-state index in [4.69, 9.17) is 18.0 Å². The Morgan fingerprint density at radius 2 is 1.66 bits per heavy atom.